The van der Waals surface area contributed by atoms with E-state index in [1.165, 1.54) is 0 Å². The summed E-state index contributed by atoms with van der Waals surface area (Å²) in [4.78, 5) is 23.0. The lowest BCUT2D eigenvalue weighted by Gasteiger charge is -2.05. The molecule has 0 saturated heterocycles. The fourth-order valence-electron chi connectivity index (χ4n) is 1.12. The number of carbonyl (C=O) groups is 1. The molecule has 0 bridgehead atoms. The molecule has 17 heavy (non-hydrogen) atoms. The van der Waals surface area contributed by atoms with Gasteiger partial charge in [0.2, 0.25) is 0 Å². The van der Waals surface area contributed by atoms with Crippen molar-refractivity contribution in [2.45, 2.75) is 6.43 Å². The van der Waals surface area contributed by atoms with Crippen molar-refractivity contribution < 1.29 is 28.3 Å². The predicted octanol–water partition coefficient (Wildman–Crippen LogP) is 1.63. The Labute approximate surface area is 92.8 Å². The van der Waals surface area contributed by atoms with Crippen molar-refractivity contribution in [1.29, 1.82) is 0 Å². The number of rotatable bonds is 4. The summed E-state index contributed by atoms with van der Waals surface area (Å²) in [6, 6.07) is 0.648. The van der Waals surface area contributed by atoms with Crippen molar-refractivity contribution in [2.75, 3.05) is 7.11 Å². The van der Waals surface area contributed by atoms with Crippen LogP contribution in [0.5, 0.6) is 5.75 Å². The Kier molecular flexibility index (Phi) is 3.51. The van der Waals surface area contributed by atoms with Gasteiger partial charge < -0.3 is 20.0 Å². The first-order chi connectivity index (χ1) is 7.88. The molecular formula is C8H6F2N2O5. The van der Waals surface area contributed by atoms with Crippen molar-refractivity contribution in [3.05, 3.63) is 27.4 Å². The minimum atomic E-state index is -3.11. The van der Waals surface area contributed by atoms with Crippen LogP contribution in [0, 0.1) is 10.1 Å². The number of methoxy groups -OCH3 is 1. The Morgan fingerprint density at radius 2 is 2.24 bits per heavy atom. The molecule has 92 valence electrons. The summed E-state index contributed by atoms with van der Waals surface area (Å²) in [5.74, 6) is -3.31. The van der Waals surface area contributed by atoms with Crippen LogP contribution in [0.3, 0.4) is 0 Å². The van der Waals surface area contributed by atoms with E-state index in [0.717, 1.165) is 7.11 Å². The third-order valence-corrected chi connectivity index (χ3v) is 1.83. The van der Waals surface area contributed by atoms with Gasteiger partial charge in [0.15, 0.2) is 11.3 Å². The molecule has 0 aromatic carbocycles. The summed E-state index contributed by atoms with van der Waals surface area (Å²) in [6.07, 6.45) is -3.11. The topological polar surface area (TPSA) is 103 Å². The number of nitrogens with zero attached hydrogens (tertiary/aromatic N) is 2. The molecule has 0 radical (unpaired) electrons. The van der Waals surface area contributed by atoms with E-state index in [0.29, 0.717) is 6.07 Å². The largest absolute Gasteiger partial charge is 0.492 e. The number of pyridine rings is 1. The quantitative estimate of drug-likeness (QED) is 0.641. The molecular weight excluding hydrogens is 242 g/mol. The second kappa shape index (κ2) is 4.68. The maximum Gasteiger partial charge on any atom is 0.378 e. The molecule has 0 fully saturated rings. The molecule has 1 aromatic rings. The van der Waals surface area contributed by atoms with Crippen LogP contribution in [0.2, 0.25) is 0 Å². The van der Waals surface area contributed by atoms with E-state index < -0.39 is 40.1 Å². The molecule has 1 rings (SSSR count). The first-order valence-corrected chi connectivity index (χ1v) is 4.13. The number of alkyl halides is 2. The molecule has 1 aromatic heterocycles. The van der Waals surface area contributed by atoms with Crippen LogP contribution in [0.1, 0.15) is 22.5 Å². The molecule has 0 aliphatic heterocycles. The third-order valence-electron chi connectivity index (χ3n) is 1.83. The Morgan fingerprint density at radius 3 is 2.59 bits per heavy atom. The van der Waals surface area contributed by atoms with Crippen molar-refractivity contribution in [2.24, 2.45) is 0 Å². The number of aromatic carboxylic acids is 1. The van der Waals surface area contributed by atoms with Gasteiger partial charge in [0.05, 0.1) is 7.11 Å². The highest BCUT2D eigenvalue weighted by atomic mass is 19.3. The van der Waals surface area contributed by atoms with Gasteiger partial charge in [-0.25, -0.2) is 13.6 Å². The summed E-state index contributed by atoms with van der Waals surface area (Å²) in [5.41, 5.74) is -1.78. The maximum atomic E-state index is 12.5. The molecule has 0 aliphatic rings. The molecule has 1 heterocycles. The van der Waals surface area contributed by atoms with Gasteiger partial charge in [-0.1, -0.05) is 0 Å². The van der Waals surface area contributed by atoms with Gasteiger partial charge in [-0.05, 0) is 9.91 Å². The highest BCUT2D eigenvalue weighted by Gasteiger charge is 2.30. The van der Waals surface area contributed by atoms with E-state index in [1.54, 1.807) is 0 Å². The van der Waals surface area contributed by atoms with E-state index in [1.807, 2.05) is 0 Å². The van der Waals surface area contributed by atoms with Gasteiger partial charge >= 0.3 is 18.2 Å². The van der Waals surface area contributed by atoms with Gasteiger partial charge in [0, 0.05) is 6.07 Å². The second-order valence-corrected chi connectivity index (χ2v) is 2.81. The number of carboxylic acid groups (broad SMARTS) is 1. The van der Waals surface area contributed by atoms with Crippen molar-refractivity contribution in [3.63, 3.8) is 0 Å². The van der Waals surface area contributed by atoms with E-state index >= 15 is 0 Å². The number of hydrogen-bond acceptors (Lipinski definition) is 5. The summed E-state index contributed by atoms with van der Waals surface area (Å²) in [6.45, 7) is 0. The van der Waals surface area contributed by atoms with Crippen LogP contribution in [0.4, 0.5) is 14.6 Å². The first kappa shape index (κ1) is 12.7. The Bertz CT molecular complexity index is 477. The Morgan fingerprint density at radius 1 is 1.65 bits per heavy atom. The first-order valence-electron chi connectivity index (χ1n) is 4.13. The lowest BCUT2D eigenvalue weighted by molar-refractivity contribution is -0.390. The zero-order chi connectivity index (χ0) is 13.2. The van der Waals surface area contributed by atoms with Crippen LogP contribution in [-0.4, -0.2) is 28.1 Å². The third kappa shape index (κ3) is 2.44. The van der Waals surface area contributed by atoms with Crippen LogP contribution in [0.15, 0.2) is 6.07 Å². The predicted molar refractivity (Wildman–Crippen MR) is 49.4 cm³/mol. The van der Waals surface area contributed by atoms with E-state index in [9.17, 15) is 23.7 Å². The minimum absolute atomic E-state index is 0.511. The van der Waals surface area contributed by atoms with Crippen LogP contribution >= 0.6 is 0 Å². The molecule has 0 saturated carbocycles. The number of hydrogen-bond donors (Lipinski definition) is 1. The zero-order valence-corrected chi connectivity index (χ0v) is 8.39. The van der Waals surface area contributed by atoms with Gasteiger partial charge in [-0.15, -0.1) is 0 Å². The highest BCUT2D eigenvalue weighted by Crippen LogP contribution is 2.31. The fraction of sp³-hybridized carbons (Fsp3) is 0.250. The summed E-state index contributed by atoms with van der Waals surface area (Å²) in [5, 5.41) is 19.2. The lowest BCUT2D eigenvalue weighted by atomic mass is 10.2. The number of halogens is 2. The Hall–Kier alpha value is -2.32. The van der Waals surface area contributed by atoms with Crippen molar-refractivity contribution >= 4 is 11.8 Å². The molecule has 9 heteroatoms. The van der Waals surface area contributed by atoms with Gasteiger partial charge in [0.25, 0.3) is 5.69 Å². The highest BCUT2D eigenvalue weighted by molar-refractivity contribution is 5.92. The SMILES string of the molecule is COc1cc(C(=O)O)c([N+](=O)[O-])nc1C(F)F. The molecule has 0 amide bonds. The van der Waals surface area contributed by atoms with Crippen molar-refractivity contribution in [3.8, 4) is 5.75 Å². The van der Waals surface area contributed by atoms with Crippen LogP contribution in [-0.2, 0) is 0 Å². The molecule has 0 aliphatic carbocycles. The van der Waals surface area contributed by atoms with Crippen LogP contribution in [0.25, 0.3) is 0 Å². The summed E-state index contributed by atoms with van der Waals surface area (Å²) in [7, 11) is 1.03. The number of carboxylic acids is 1. The average molecular weight is 248 g/mol. The summed E-state index contributed by atoms with van der Waals surface area (Å²) >= 11 is 0. The normalized spacial score (nSPS) is 10.4. The summed E-state index contributed by atoms with van der Waals surface area (Å²) < 4.78 is 29.5. The van der Waals surface area contributed by atoms with E-state index in [4.69, 9.17) is 5.11 Å². The Balaban J connectivity index is 3.53. The zero-order valence-electron chi connectivity index (χ0n) is 8.39. The number of aromatic nitrogens is 1. The fourth-order valence-corrected chi connectivity index (χ4v) is 1.12. The smallest absolute Gasteiger partial charge is 0.378 e. The average Bonchev–Trinajstić information content (AvgIpc) is 2.26. The molecule has 0 unspecified atom stereocenters. The number of ether oxygens (including phenoxy) is 1. The molecule has 0 atom stereocenters. The van der Waals surface area contributed by atoms with Crippen LogP contribution < -0.4 is 4.74 Å². The molecule has 0 spiro atoms. The lowest BCUT2D eigenvalue weighted by Crippen LogP contribution is -2.08. The van der Waals surface area contributed by atoms with Gasteiger partial charge in [-0.2, -0.15) is 0 Å². The monoisotopic (exact) mass is 248 g/mol. The van der Waals surface area contributed by atoms with E-state index in [2.05, 4.69) is 9.72 Å². The standard InChI is InChI=1S/C8H6F2N2O5/c1-17-4-2-3(8(13)14)7(12(15)16)11-5(4)6(9)10/h2,6H,1H3,(H,13,14). The van der Waals surface area contributed by atoms with Gasteiger partial charge in [-0.3, -0.25) is 0 Å². The maximum absolute atomic E-state index is 12.5. The van der Waals surface area contributed by atoms with E-state index in [-0.39, 0.29) is 0 Å². The minimum Gasteiger partial charge on any atom is -0.492 e. The second-order valence-electron chi connectivity index (χ2n) is 2.81. The molecule has 7 nitrogen and oxygen atoms in total. The number of nitro groups is 1. The molecule has 1 N–H and O–H groups in total. The van der Waals surface area contributed by atoms with Crippen molar-refractivity contribution in [1.82, 2.24) is 4.98 Å². The van der Waals surface area contributed by atoms with Gasteiger partial charge in [0.1, 0.15) is 0 Å².